The predicted molar refractivity (Wildman–Crippen MR) is 124 cm³/mol. The maximum absolute atomic E-state index is 13.8. The van der Waals surface area contributed by atoms with E-state index in [0.29, 0.717) is 15.5 Å². The maximum atomic E-state index is 13.8. The zero-order chi connectivity index (χ0) is 26.3. The van der Waals surface area contributed by atoms with Crippen molar-refractivity contribution in [2.75, 3.05) is 4.90 Å². The molecule has 3 atom stereocenters. The summed E-state index contributed by atoms with van der Waals surface area (Å²) in [6, 6.07) is 16.1. The Morgan fingerprint density at radius 2 is 1.35 bits per heavy atom. The van der Waals surface area contributed by atoms with Crippen molar-refractivity contribution in [2.45, 2.75) is 17.9 Å². The summed E-state index contributed by atoms with van der Waals surface area (Å²) in [5.74, 6) is -6.76. The molecule has 37 heavy (non-hydrogen) atoms. The monoisotopic (exact) mass is 525 g/mol. The van der Waals surface area contributed by atoms with Crippen molar-refractivity contribution in [3.8, 4) is 0 Å². The second kappa shape index (κ2) is 7.84. The highest BCUT2D eigenvalue weighted by atomic mass is 35.5. The van der Waals surface area contributed by atoms with E-state index < -0.39 is 64.3 Å². The van der Waals surface area contributed by atoms with Crippen LogP contribution in [0.15, 0.2) is 72.8 Å². The maximum Gasteiger partial charge on any atom is 0.418 e. The average Bonchev–Trinajstić information content (AvgIpc) is 3.44. The van der Waals surface area contributed by atoms with Gasteiger partial charge in [0, 0.05) is 16.1 Å². The zero-order valence-electron chi connectivity index (χ0n) is 18.7. The molecule has 186 valence electrons. The fourth-order valence-corrected chi connectivity index (χ4v) is 5.74. The van der Waals surface area contributed by atoms with Crippen LogP contribution < -0.4 is 4.90 Å². The molecule has 10 heteroatoms. The quantitative estimate of drug-likeness (QED) is 0.345. The summed E-state index contributed by atoms with van der Waals surface area (Å²) in [6.45, 7) is 0. The van der Waals surface area contributed by atoms with Gasteiger partial charge in [-0.2, -0.15) is 13.2 Å². The summed E-state index contributed by atoms with van der Waals surface area (Å²) in [5, 5.41) is 0.364. The molecule has 0 N–H and O–H groups in total. The number of hydrogen-bond acceptors (Lipinski definition) is 5. The van der Waals surface area contributed by atoms with Crippen LogP contribution in [0.25, 0.3) is 0 Å². The van der Waals surface area contributed by atoms with Crippen molar-refractivity contribution in [3.05, 3.63) is 100 Å². The molecule has 2 amide bonds. The molecule has 3 aromatic carbocycles. The van der Waals surface area contributed by atoms with Crippen LogP contribution in [0.5, 0.6) is 0 Å². The van der Waals surface area contributed by atoms with E-state index in [2.05, 4.69) is 0 Å². The first kappa shape index (κ1) is 23.6. The molecule has 3 aromatic rings. The van der Waals surface area contributed by atoms with Crippen LogP contribution >= 0.6 is 11.6 Å². The number of anilines is 1. The van der Waals surface area contributed by atoms with Crippen molar-refractivity contribution in [2.24, 2.45) is 11.8 Å². The molecule has 0 radical (unpaired) electrons. The molecule has 2 heterocycles. The topological polar surface area (TPSA) is 80.8 Å². The van der Waals surface area contributed by atoms with Crippen molar-refractivity contribution >= 4 is 40.7 Å². The number of imide groups is 1. The molecular weight excluding hydrogens is 511 g/mol. The number of ketones is 2. The molecule has 2 fully saturated rings. The molecule has 2 aliphatic heterocycles. The molecule has 3 aliphatic rings. The number of Topliss-reactive ketones (excluding diaryl/α,β-unsaturated/α-hetero) is 2. The van der Waals surface area contributed by atoms with Gasteiger partial charge in [-0.25, -0.2) is 4.90 Å². The Bertz CT molecular complexity index is 1480. The minimum absolute atomic E-state index is 0.0254. The lowest BCUT2D eigenvalue weighted by Gasteiger charge is -2.28. The number of halogens is 4. The van der Waals surface area contributed by atoms with E-state index in [1.165, 1.54) is 42.5 Å². The van der Waals surface area contributed by atoms with E-state index in [1.54, 1.807) is 12.1 Å². The van der Waals surface area contributed by atoms with Gasteiger partial charge in [0.1, 0.15) is 0 Å². The molecule has 1 spiro atoms. The standard InChI is InChI=1S/C27H15ClF3NO5/c28-14-11-9-13(10-12-14)21-19-20(26(37-21)22(33)15-5-1-2-6-16(15)23(26)34)25(36)32(24(19)35)18-8-4-3-7-17(18)27(29,30)31/h1-12,19-21H/t19-,20-,21+/m1/s1. The number of ether oxygens (including phenoxy) is 1. The molecule has 1 aliphatic carbocycles. The summed E-state index contributed by atoms with van der Waals surface area (Å²) < 4.78 is 47.6. The summed E-state index contributed by atoms with van der Waals surface area (Å²) in [4.78, 5) is 55.4. The average molecular weight is 526 g/mol. The summed E-state index contributed by atoms with van der Waals surface area (Å²) in [6.07, 6.45) is -6.13. The van der Waals surface area contributed by atoms with Crippen LogP contribution in [0.2, 0.25) is 5.02 Å². The number of nitrogens with zero attached hydrogens (tertiary/aromatic N) is 1. The minimum atomic E-state index is -4.87. The van der Waals surface area contributed by atoms with Gasteiger partial charge in [0.05, 0.1) is 29.2 Å². The number of amides is 2. The minimum Gasteiger partial charge on any atom is -0.349 e. The van der Waals surface area contributed by atoms with E-state index >= 15 is 0 Å². The van der Waals surface area contributed by atoms with Crippen LogP contribution in [-0.2, 0) is 20.5 Å². The van der Waals surface area contributed by atoms with Crippen LogP contribution in [-0.4, -0.2) is 29.0 Å². The highest BCUT2D eigenvalue weighted by Crippen LogP contribution is 2.58. The molecular formula is C27H15ClF3NO5. The largest absolute Gasteiger partial charge is 0.418 e. The fourth-order valence-electron chi connectivity index (χ4n) is 5.62. The fraction of sp³-hybridized carbons (Fsp3) is 0.185. The number of rotatable bonds is 2. The van der Waals surface area contributed by atoms with Gasteiger partial charge < -0.3 is 4.74 Å². The van der Waals surface area contributed by atoms with E-state index in [-0.39, 0.29) is 11.1 Å². The van der Waals surface area contributed by atoms with Crippen molar-refractivity contribution in [1.29, 1.82) is 0 Å². The number of hydrogen-bond donors (Lipinski definition) is 0. The Labute approximate surface area is 212 Å². The lowest BCUT2D eigenvalue weighted by Crippen LogP contribution is -2.51. The first-order valence-electron chi connectivity index (χ1n) is 11.2. The van der Waals surface area contributed by atoms with Gasteiger partial charge in [-0.1, -0.05) is 60.1 Å². The van der Waals surface area contributed by atoms with Crippen LogP contribution in [0.4, 0.5) is 18.9 Å². The zero-order valence-corrected chi connectivity index (χ0v) is 19.4. The number of benzene rings is 3. The van der Waals surface area contributed by atoms with E-state index in [0.717, 1.165) is 18.2 Å². The molecule has 6 nitrogen and oxygen atoms in total. The Morgan fingerprint density at radius 1 is 0.784 bits per heavy atom. The summed E-state index contributed by atoms with van der Waals surface area (Å²) in [7, 11) is 0. The predicted octanol–water partition coefficient (Wildman–Crippen LogP) is 5.05. The smallest absolute Gasteiger partial charge is 0.349 e. The Kier molecular flexibility index (Phi) is 4.99. The van der Waals surface area contributed by atoms with Gasteiger partial charge in [-0.3, -0.25) is 19.2 Å². The van der Waals surface area contributed by atoms with E-state index in [4.69, 9.17) is 16.3 Å². The first-order valence-corrected chi connectivity index (χ1v) is 11.6. The third-order valence-corrected chi connectivity index (χ3v) is 7.42. The van der Waals surface area contributed by atoms with Crippen molar-refractivity contribution in [3.63, 3.8) is 0 Å². The Hall–Kier alpha value is -3.82. The lowest BCUT2D eigenvalue weighted by atomic mass is 9.77. The highest BCUT2D eigenvalue weighted by Gasteiger charge is 2.75. The lowest BCUT2D eigenvalue weighted by molar-refractivity contribution is -0.137. The van der Waals surface area contributed by atoms with Gasteiger partial charge >= 0.3 is 6.18 Å². The van der Waals surface area contributed by atoms with Crippen LogP contribution in [0.3, 0.4) is 0 Å². The normalized spacial score (nSPS) is 24.2. The third-order valence-electron chi connectivity index (χ3n) is 7.17. The van der Waals surface area contributed by atoms with Gasteiger partial charge in [0.2, 0.25) is 29.0 Å². The van der Waals surface area contributed by atoms with Crippen LogP contribution in [0.1, 0.15) is 37.9 Å². The van der Waals surface area contributed by atoms with Crippen molar-refractivity contribution < 1.29 is 37.1 Å². The van der Waals surface area contributed by atoms with Gasteiger partial charge in [0.25, 0.3) is 0 Å². The number of fused-ring (bicyclic) bond motifs is 3. The molecule has 6 rings (SSSR count). The second-order valence-corrected chi connectivity index (χ2v) is 9.50. The number of alkyl halides is 3. The molecule has 0 unspecified atom stereocenters. The number of carbonyl (C=O) groups excluding carboxylic acids is 4. The van der Waals surface area contributed by atoms with E-state index in [1.807, 2.05) is 0 Å². The Balaban J connectivity index is 1.56. The first-order chi connectivity index (χ1) is 17.6. The van der Waals surface area contributed by atoms with Crippen molar-refractivity contribution in [1.82, 2.24) is 0 Å². The molecule has 0 saturated carbocycles. The van der Waals surface area contributed by atoms with Gasteiger partial charge in [-0.05, 0) is 29.8 Å². The molecule has 2 saturated heterocycles. The highest BCUT2D eigenvalue weighted by molar-refractivity contribution is 6.37. The number of carbonyl (C=O) groups is 4. The molecule has 0 bridgehead atoms. The van der Waals surface area contributed by atoms with Crippen LogP contribution in [0, 0.1) is 11.8 Å². The Morgan fingerprint density at radius 3 is 1.95 bits per heavy atom. The molecule has 0 aromatic heterocycles. The number of para-hydroxylation sites is 1. The SMILES string of the molecule is O=C1[C@H]2[C@H](c3ccc(Cl)cc3)OC3(C(=O)c4ccccc4C3=O)[C@H]2C(=O)N1c1ccccc1C(F)(F)F. The van der Waals surface area contributed by atoms with Gasteiger partial charge in [0.15, 0.2) is 0 Å². The summed E-state index contributed by atoms with van der Waals surface area (Å²) in [5.41, 5.74) is -3.84. The van der Waals surface area contributed by atoms with Gasteiger partial charge in [-0.15, -0.1) is 0 Å². The second-order valence-electron chi connectivity index (χ2n) is 9.06. The third kappa shape index (κ3) is 3.10. The summed E-state index contributed by atoms with van der Waals surface area (Å²) >= 11 is 5.99. The van der Waals surface area contributed by atoms with E-state index in [9.17, 15) is 32.3 Å².